The molecule has 1 atom stereocenters. The quantitative estimate of drug-likeness (QED) is 0.622. The van der Waals surface area contributed by atoms with E-state index >= 15 is 0 Å². The molecule has 1 heterocycles. The highest BCUT2D eigenvalue weighted by atomic mass is 35.5. The van der Waals surface area contributed by atoms with E-state index in [1.54, 1.807) is 6.07 Å². The summed E-state index contributed by atoms with van der Waals surface area (Å²) >= 11 is 6.02. The Kier molecular flexibility index (Phi) is 6.01. The van der Waals surface area contributed by atoms with Crippen LogP contribution in [0, 0.1) is 5.92 Å². The molecule has 5 heteroatoms. The van der Waals surface area contributed by atoms with Crippen LogP contribution in [-0.4, -0.2) is 28.2 Å². The lowest BCUT2D eigenvalue weighted by Gasteiger charge is -2.18. The number of nitrogens with zero attached hydrogens (tertiary/aromatic N) is 2. The maximum absolute atomic E-state index is 8.95. The molecule has 0 aromatic carbocycles. The minimum atomic E-state index is -0.118. The fourth-order valence-corrected chi connectivity index (χ4v) is 1.79. The molecule has 0 saturated heterocycles. The molecular weight excluding hydrogens is 262 g/mol. The highest BCUT2D eigenvalue weighted by Crippen LogP contribution is 2.22. The second kappa shape index (κ2) is 7.06. The highest BCUT2D eigenvalue weighted by Gasteiger charge is 2.18. The fourth-order valence-electron chi connectivity index (χ4n) is 1.60. The molecule has 0 aliphatic heterocycles. The summed E-state index contributed by atoms with van der Waals surface area (Å²) in [6.07, 6.45) is 1.99. The third-order valence-electron chi connectivity index (χ3n) is 2.86. The monoisotopic (exact) mass is 285 g/mol. The predicted octanol–water partition coefficient (Wildman–Crippen LogP) is 3.25. The van der Waals surface area contributed by atoms with Gasteiger partial charge in [-0.05, 0) is 18.8 Å². The van der Waals surface area contributed by atoms with Gasteiger partial charge in [0.05, 0.1) is 0 Å². The maximum atomic E-state index is 8.95. The van der Waals surface area contributed by atoms with Gasteiger partial charge in [0.15, 0.2) is 0 Å². The fraction of sp³-hybridized carbons (Fsp3) is 0.714. The van der Waals surface area contributed by atoms with Gasteiger partial charge in [0.1, 0.15) is 16.8 Å². The smallest absolute Gasteiger partial charge is 0.137 e. The summed E-state index contributed by atoms with van der Waals surface area (Å²) < 4.78 is 0. The third-order valence-corrected chi connectivity index (χ3v) is 3.05. The largest absolute Gasteiger partial charge is 0.396 e. The van der Waals surface area contributed by atoms with Crippen LogP contribution >= 0.6 is 11.6 Å². The van der Waals surface area contributed by atoms with Crippen molar-refractivity contribution < 1.29 is 5.11 Å². The van der Waals surface area contributed by atoms with Crippen molar-refractivity contribution in [1.29, 1.82) is 0 Å². The first-order valence-electron chi connectivity index (χ1n) is 6.72. The normalized spacial score (nSPS) is 13.4. The predicted molar refractivity (Wildman–Crippen MR) is 79.7 cm³/mol. The van der Waals surface area contributed by atoms with Gasteiger partial charge in [-0.3, -0.25) is 0 Å². The van der Waals surface area contributed by atoms with Crippen LogP contribution in [0.4, 0.5) is 5.82 Å². The summed E-state index contributed by atoms with van der Waals surface area (Å²) in [6, 6.07) is 1.74. The first kappa shape index (κ1) is 16.2. The lowest BCUT2D eigenvalue weighted by molar-refractivity contribution is 0.229. The van der Waals surface area contributed by atoms with Crippen LogP contribution in [0.15, 0.2) is 6.07 Å². The lowest BCUT2D eigenvalue weighted by atomic mass is 9.96. The van der Waals surface area contributed by atoms with Gasteiger partial charge in [-0.15, -0.1) is 0 Å². The molecule has 0 radical (unpaired) electrons. The molecule has 0 saturated carbocycles. The van der Waals surface area contributed by atoms with Gasteiger partial charge in [-0.1, -0.05) is 39.3 Å². The van der Waals surface area contributed by atoms with Crippen molar-refractivity contribution in [2.75, 3.05) is 18.5 Å². The summed E-state index contributed by atoms with van der Waals surface area (Å²) in [7, 11) is 0. The van der Waals surface area contributed by atoms with E-state index in [4.69, 9.17) is 16.7 Å². The van der Waals surface area contributed by atoms with Gasteiger partial charge >= 0.3 is 0 Å². The molecule has 1 rings (SSSR count). The Bertz CT molecular complexity index is 404. The van der Waals surface area contributed by atoms with Gasteiger partial charge < -0.3 is 10.4 Å². The van der Waals surface area contributed by atoms with Gasteiger partial charge in [0.2, 0.25) is 0 Å². The highest BCUT2D eigenvalue weighted by molar-refractivity contribution is 6.29. The second-order valence-electron chi connectivity index (χ2n) is 6.01. The first-order chi connectivity index (χ1) is 8.82. The molecule has 0 amide bonds. The van der Waals surface area contributed by atoms with Crippen LogP contribution in [0.2, 0.25) is 5.15 Å². The first-order valence-corrected chi connectivity index (χ1v) is 7.10. The topological polar surface area (TPSA) is 58.0 Å². The SMILES string of the molecule is CC(CO)CCCNc1cc(Cl)nc(C(C)(C)C)n1. The van der Waals surface area contributed by atoms with E-state index < -0.39 is 0 Å². The van der Waals surface area contributed by atoms with Gasteiger partial charge in [0.25, 0.3) is 0 Å². The molecule has 4 nitrogen and oxygen atoms in total. The minimum Gasteiger partial charge on any atom is -0.396 e. The van der Waals surface area contributed by atoms with Crippen molar-refractivity contribution >= 4 is 17.4 Å². The van der Waals surface area contributed by atoms with Gasteiger partial charge in [-0.2, -0.15) is 0 Å². The Morgan fingerprint density at radius 1 is 1.37 bits per heavy atom. The van der Waals surface area contributed by atoms with Gasteiger partial charge in [0, 0.05) is 24.6 Å². The number of aromatic nitrogens is 2. The van der Waals surface area contributed by atoms with E-state index in [9.17, 15) is 0 Å². The molecule has 0 fully saturated rings. The molecule has 1 unspecified atom stereocenters. The van der Waals surface area contributed by atoms with Crippen LogP contribution in [0.5, 0.6) is 0 Å². The van der Waals surface area contributed by atoms with Crippen LogP contribution in [0.25, 0.3) is 0 Å². The number of halogens is 1. The molecule has 1 aromatic rings. The molecular formula is C14H24ClN3O. The molecule has 0 bridgehead atoms. The summed E-state index contributed by atoms with van der Waals surface area (Å²) in [5, 5.41) is 12.7. The summed E-state index contributed by atoms with van der Waals surface area (Å²) in [6.45, 7) is 9.29. The number of aliphatic hydroxyl groups is 1. The summed E-state index contributed by atoms with van der Waals surface area (Å²) in [5.74, 6) is 1.86. The summed E-state index contributed by atoms with van der Waals surface area (Å²) in [4.78, 5) is 8.74. The number of anilines is 1. The van der Waals surface area contributed by atoms with E-state index in [1.165, 1.54) is 0 Å². The van der Waals surface area contributed by atoms with E-state index in [2.05, 4.69) is 36.1 Å². The van der Waals surface area contributed by atoms with Crippen molar-refractivity contribution in [1.82, 2.24) is 9.97 Å². The Hall–Kier alpha value is -0.870. The standard InChI is InChI=1S/C14H24ClN3O/c1-10(9-19)6-5-7-16-12-8-11(15)17-13(18-12)14(2,3)4/h8,10,19H,5-7,9H2,1-4H3,(H,16,17,18). The van der Waals surface area contributed by atoms with E-state index in [-0.39, 0.29) is 12.0 Å². The molecule has 2 N–H and O–H groups in total. The maximum Gasteiger partial charge on any atom is 0.137 e. The zero-order valence-corrected chi connectivity index (χ0v) is 13.0. The Labute approximate surface area is 120 Å². The van der Waals surface area contributed by atoms with Crippen molar-refractivity contribution in [3.8, 4) is 0 Å². The number of hydrogen-bond acceptors (Lipinski definition) is 4. The zero-order chi connectivity index (χ0) is 14.5. The molecule has 0 spiro atoms. The van der Waals surface area contributed by atoms with Crippen molar-refractivity contribution in [2.45, 2.75) is 46.0 Å². The zero-order valence-electron chi connectivity index (χ0n) is 12.2. The summed E-state index contributed by atoms with van der Waals surface area (Å²) in [5.41, 5.74) is -0.118. The van der Waals surface area contributed by atoms with Crippen LogP contribution < -0.4 is 5.32 Å². The molecule has 108 valence electrons. The minimum absolute atomic E-state index is 0.118. The molecule has 0 aliphatic carbocycles. The number of aliphatic hydroxyl groups excluding tert-OH is 1. The Morgan fingerprint density at radius 3 is 2.63 bits per heavy atom. The third kappa shape index (κ3) is 5.74. The van der Waals surface area contributed by atoms with Crippen molar-refractivity contribution in [2.24, 2.45) is 5.92 Å². The number of rotatable bonds is 6. The van der Waals surface area contributed by atoms with E-state index in [0.717, 1.165) is 31.0 Å². The average molecular weight is 286 g/mol. The lowest BCUT2D eigenvalue weighted by Crippen LogP contribution is -2.17. The molecule has 0 aliphatic rings. The van der Waals surface area contributed by atoms with E-state index in [1.807, 2.05) is 6.92 Å². The van der Waals surface area contributed by atoms with Gasteiger partial charge in [-0.25, -0.2) is 9.97 Å². The van der Waals surface area contributed by atoms with Crippen LogP contribution in [-0.2, 0) is 5.41 Å². The van der Waals surface area contributed by atoms with E-state index in [0.29, 0.717) is 11.1 Å². The second-order valence-corrected chi connectivity index (χ2v) is 6.39. The van der Waals surface area contributed by atoms with Crippen LogP contribution in [0.1, 0.15) is 46.4 Å². The number of hydrogen-bond donors (Lipinski definition) is 2. The molecule has 1 aromatic heterocycles. The Morgan fingerprint density at radius 2 is 2.05 bits per heavy atom. The molecule has 19 heavy (non-hydrogen) atoms. The van der Waals surface area contributed by atoms with Crippen LogP contribution in [0.3, 0.4) is 0 Å². The van der Waals surface area contributed by atoms with Crippen molar-refractivity contribution in [3.05, 3.63) is 17.0 Å². The number of nitrogens with one attached hydrogen (secondary N) is 1. The Balaban J connectivity index is 2.57. The van der Waals surface area contributed by atoms with Crippen molar-refractivity contribution in [3.63, 3.8) is 0 Å². The average Bonchev–Trinajstić information content (AvgIpc) is 2.32.